The van der Waals surface area contributed by atoms with Crippen LogP contribution in [0, 0.1) is 5.92 Å². The molecular weight excluding hydrogens is 372 g/mol. The number of carbonyl (C=O) groups is 1. The first-order valence-electron chi connectivity index (χ1n) is 10.1. The molecule has 6 heteroatoms. The largest absolute Gasteiger partial charge is 0.493 e. The lowest BCUT2D eigenvalue weighted by molar-refractivity contribution is 0.0602. The quantitative estimate of drug-likeness (QED) is 0.739. The third kappa shape index (κ3) is 5.11. The topological polar surface area (TPSA) is 45.9 Å². The number of ether oxygens (including phenoxy) is 1. The SMILES string of the molecule is O=C(c1ccco1)N1CCCC(COc2ccc(CN3CCSCC3)cc2)C1. The molecule has 4 rings (SSSR count). The number of piperidine rings is 1. The molecule has 0 N–H and O–H groups in total. The van der Waals surface area contributed by atoms with E-state index in [1.807, 2.05) is 16.7 Å². The van der Waals surface area contributed by atoms with Crippen molar-refractivity contribution in [2.24, 2.45) is 5.92 Å². The Morgan fingerprint density at radius 2 is 1.96 bits per heavy atom. The molecule has 5 nitrogen and oxygen atoms in total. The zero-order valence-electron chi connectivity index (χ0n) is 16.2. The van der Waals surface area contributed by atoms with Crippen molar-refractivity contribution >= 4 is 17.7 Å². The van der Waals surface area contributed by atoms with Gasteiger partial charge in [-0.05, 0) is 42.7 Å². The highest BCUT2D eigenvalue weighted by Gasteiger charge is 2.26. The van der Waals surface area contributed by atoms with Crippen LogP contribution in [0.1, 0.15) is 29.0 Å². The molecule has 0 saturated carbocycles. The highest BCUT2D eigenvalue weighted by atomic mass is 32.2. The van der Waals surface area contributed by atoms with Crippen molar-refractivity contribution in [1.82, 2.24) is 9.80 Å². The normalized spacial score (nSPS) is 20.9. The summed E-state index contributed by atoms with van der Waals surface area (Å²) in [6.45, 7) is 5.54. The van der Waals surface area contributed by atoms with Crippen LogP contribution in [0.15, 0.2) is 47.1 Å². The van der Waals surface area contributed by atoms with Gasteiger partial charge in [-0.1, -0.05) is 12.1 Å². The molecule has 0 radical (unpaired) electrons. The second kappa shape index (κ2) is 9.52. The van der Waals surface area contributed by atoms with E-state index in [0.29, 0.717) is 18.3 Å². The van der Waals surface area contributed by atoms with Crippen molar-refractivity contribution in [2.75, 3.05) is 44.3 Å². The van der Waals surface area contributed by atoms with E-state index in [2.05, 4.69) is 29.2 Å². The van der Waals surface area contributed by atoms with E-state index in [1.54, 1.807) is 18.4 Å². The molecule has 150 valence electrons. The molecule has 1 unspecified atom stereocenters. The molecule has 2 saturated heterocycles. The number of rotatable bonds is 6. The summed E-state index contributed by atoms with van der Waals surface area (Å²) in [6, 6.07) is 12.0. The van der Waals surface area contributed by atoms with Gasteiger partial charge in [-0.2, -0.15) is 11.8 Å². The van der Waals surface area contributed by atoms with E-state index in [0.717, 1.165) is 38.2 Å². The van der Waals surface area contributed by atoms with Gasteiger partial charge in [0.05, 0.1) is 12.9 Å². The Morgan fingerprint density at radius 3 is 2.71 bits per heavy atom. The molecule has 2 fully saturated rings. The second-order valence-corrected chi connectivity index (χ2v) is 8.80. The molecule has 2 aliphatic heterocycles. The van der Waals surface area contributed by atoms with Gasteiger partial charge in [0, 0.05) is 50.1 Å². The third-order valence-corrected chi connectivity index (χ3v) is 6.40. The lowest BCUT2D eigenvalue weighted by Gasteiger charge is -2.32. The Balaban J connectivity index is 1.25. The van der Waals surface area contributed by atoms with Crippen molar-refractivity contribution < 1.29 is 13.9 Å². The van der Waals surface area contributed by atoms with Crippen LogP contribution < -0.4 is 4.74 Å². The number of thioether (sulfide) groups is 1. The van der Waals surface area contributed by atoms with Crippen LogP contribution in [0.5, 0.6) is 5.75 Å². The minimum Gasteiger partial charge on any atom is -0.493 e. The molecule has 1 atom stereocenters. The van der Waals surface area contributed by atoms with Gasteiger partial charge in [0.25, 0.3) is 5.91 Å². The van der Waals surface area contributed by atoms with Crippen molar-refractivity contribution in [3.05, 3.63) is 54.0 Å². The molecule has 2 aromatic rings. The van der Waals surface area contributed by atoms with Crippen molar-refractivity contribution in [3.63, 3.8) is 0 Å². The molecular formula is C22H28N2O3S. The van der Waals surface area contributed by atoms with Crippen LogP contribution in [0.2, 0.25) is 0 Å². The molecule has 0 bridgehead atoms. The predicted octanol–water partition coefficient (Wildman–Crippen LogP) is 3.76. The predicted molar refractivity (Wildman–Crippen MR) is 112 cm³/mol. The van der Waals surface area contributed by atoms with Gasteiger partial charge in [0.2, 0.25) is 0 Å². The van der Waals surface area contributed by atoms with Gasteiger partial charge in [0.1, 0.15) is 5.75 Å². The van der Waals surface area contributed by atoms with Crippen LogP contribution in [-0.2, 0) is 6.54 Å². The second-order valence-electron chi connectivity index (χ2n) is 7.58. The number of nitrogens with zero attached hydrogens (tertiary/aromatic N) is 2. The number of benzene rings is 1. The molecule has 28 heavy (non-hydrogen) atoms. The molecule has 1 aromatic carbocycles. The molecule has 0 spiro atoms. The number of carbonyl (C=O) groups excluding carboxylic acids is 1. The average molecular weight is 401 g/mol. The van der Waals surface area contributed by atoms with Gasteiger partial charge in [-0.15, -0.1) is 0 Å². The molecule has 1 amide bonds. The zero-order valence-corrected chi connectivity index (χ0v) is 17.0. The average Bonchev–Trinajstić information content (AvgIpc) is 3.29. The first-order chi connectivity index (χ1) is 13.8. The number of likely N-dealkylation sites (tertiary alicyclic amines) is 1. The smallest absolute Gasteiger partial charge is 0.289 e. The summed E-state index contributed by atoms with van der Waals surface area (Å²) >= 11 is 2.04. The maximum Gasteiger partial charge on any atom is 0.289 e. The maximum atomic E-state index is 12.5. The van der Waals surface area contributed by atoms with E-state index < -0.39 is 0 Å². The Bertz CT molecular complexity index is 742. The van der Waals surface area contributed by atoms with Crippen LogP contribution in [0.4, 0.5) is 0 Å². The summed E-state index contributed by atoms with van der Waals surface area (Å²) < 4.78 is 11.3. The van der Waals surface area contributed by atoms with Crippen molar-refractivity contribution in [3.8, 4) is 5.75 Å². The molecule has 3 heterocycles. The van der Waals surface area contributed by atoms with Crippen LogP contribution in [-0.4, -0.2) is 60.0 Å². The van der Waals surface area contributed by atoms with Crippen LogP contribution in [0.3, 0.4) is 0 Å². The maximum absolute atomic E-state index is 12.5. The summed E-state index contributed by atoms with van der Waals surface area (Å²) in [5, 5.41) is 0. The number of furan rings is 1. The third-order valence-electron chi connectivity index (χ3n) is 5.46. The Hall–Kier alpha value is -1.92. The summed E-state index contributed by atoms with van der Waals surface area (Å²) in [5.74, 6) is 4.15. The Kier molecular flexibility index (Phi) is 6.60. The summed E-state index contributed by atoms with van der Waals surface area (Å²) in [6.07, 6.45) is 3.65. The lowest BCUT2D eigenvalue weighted by atomic mass is 9.98. The molecule has 2 aliphatic rings. The number of amides is 1. The van der Waals surface area contributed by atoms with Crippen LogP contribution >= 0.6 is 11.8 Å². The standard InChI is InChI=1S/C22H28N2O3S/c25-22(21-4-2-12-26-21)24-9-1-3-19(16-24)17-27-20-7-5-18(6-8-20)15-23-10-13-28-14-11-23/h2,4-8,12,19H,1,3,9-11,13-17H2. The first-order valence-corrected chi connectivity index (χ1v) is 11.3. The van der Waals surface area contributed by atoms with Gasteiger partial charge in [0.15, 0.2) is 5.76 Å². The minimum atomic E-state index is -0.0184. The molecule has 0 aliphatic carbocycles. The first kappa shape index (κ1) is 19.4. The zero-order chi connectivity index (χ0) is 19.2. The van der Waals surface area contributed by atoms with Gasteiger partial charge in [-0.25, -0.2) is 0 Å². The number of hydrogen-bond acceptors (Lipinski definition) is 5. The Labute approximate surface area is 171 Å². The fourth-order valence-corrected chi connectivity index (χ4v) is 4.84. The van der Waals surface area contributed by atoms with Gasteiger partial charge >= 0.3 is 0 Å². The molecule has 1 aromatic heterocycles. The summed E-state index contributed by atoms with van der Waals surface area (Å²) in [4.78, 5) is 16.9. The fourth-order valence-electron chi connectivity index (χ4n) is 3.86. The lowest BCUT2D eigenvalue weighted by Crippen LogP contribution is -2.41. The highest BCUT2D eigenvalue weighted by molar-refractivity contribution is 7.99. The number of hydrogen-bond donors (Lipinski definition) is 0. The monoisotopic (exact) mass is 400 g/mol. The summed E-state index contributed by atoms with van der Waals surface area (Å²) in [5.41, 5.74) is 1.34. The minimum absolute atomic E-state index is 0.0184. The van der Waals surface area contributed by atoms with Gasteiger partial charge in [-0.3, -0.25) is 9.69 Å². The summed E-state index contributed by atoms with van der Waals surface area (Å²) in [7, 11) is 0. The van der Waals surface area contributed by atoms with E-state index in [4.69, 9.17) is 9.15 Å². The van der Waals surface area contributed by atoms with Crippen molar-refractivity contribution in [2.45, 2.75) is 19.4 Å². The van der Waals surface area contributed by atoms with Crippen LogP contribution in [0.25, 0.3) is 0 Å². The Morgan fingerprint density at radius 1 is 1.14 bits per heavy atom. The van der Waals surface area contributed by atoms with E-state index in [-0.39, 0.29) is 5.91 Å². The van der Waals surface area contributed by atoms with E-state index in [1.165, 1.54) is 30.2 Å². The van der Waals surface area contributed by atoms with Crippen molar-refractivity contribution in [1.29, 1.82) is 0 Å². The van der Waals surface area contributed by atoms with E-state index >= 15 is 0 Å². The van der Waals surface area contributed by atoms with Gasteiger partial charge < -0.3 is 14.1 Å². The van der Waals surface area contributed by atoms with E-state index in [9.17, 15) is 4.79 Å². The fraction of sp³-hybridized carbons (Fsp3) is 0.500. The highest BCUT2D eigenvalue weighted by Crippen LogP contribution is 2.21.